The molecule has 6 heteroatoms. The molecule has 1 aromatic heterocycles. The number of nitrogens with one attached hydrogen (secondary N) is 2. The van der Waals surface area contributed by atoms with E-state index in [1.807, 2.05) is 13.1 Å². The number of carbonyl (C=O) groups excluding carboxylic acids is 1. The smallest absolute Gasteiger partial charge is 0.325 e. The summed E-state index contributed by atoms with van der Waals surface area (Å²) in [6, 6.07) is 1.96. The zero-order valence-corrected chi connectivity index (χ0v) is 11.5. The number of hydrogen-bond acceptors (Lipinski definition) is 5. The average molecular weight is 302 g/mol. The summed E-state index contributed by atoms with van der Waals surface area (Å²) in [7, 11) is 1.86. The van der Waals surface area contributed by atoms with E-state index >= 15 is 0 Å². The van der Waals surface area contributed by atoms with Gasteiger partial charge in [0.2, 0.25) is 0 Å². The summed E-state index contributed by atoms with van der Waals surface area (Å²) < 4.78 is 5.74. The number of pyridine rings is 1. The van der Waals surface area contributed by atoms with Crippen LogP contribution in [0.5, 0.6) is 0 Å². The molecule has 0 radical (unpaired) electrons. The summed E-state index contributed by atoms with van der Waals surface area (Å²) in [5, 5.41) is 6.01. The summed E-state index contributed by atoms with van der Waals surface area (Å²) in [5.74, 6) is 0.406. The number of aromatic nitrogens is 1. The molecule has 2 N–H and O–H groups in total. The molecule has 17 heavy (non-hydrogen) atoms. The van der Waals surface area contributed by atoms with Crippen molar-refractivity contribution in [2.75, 3.05) is 25.5 Å². The van der Waals surface area contributed by atoms with Crippen LogP contribution in [0.3, 0.4) is 0 Å². The maximum Gasteiger partial charge on any atom is 0.325 e. The van der Waals surface area contributed by atoms with Crippen LogP contribution < -0.4 is 10.6 Å². The Bertz CT molecular complexity index is 385. The average Bonchev–Trinajstić information content (AvgIpc) is 2.29. The molecule has 0 atom stereocenters. The van der Waals surface area contributed by atoms with E-state index in [2.05, 4.69) is 31.5 Å². The van der Waals surface area contributed by atoms with Crippen molar-refractivity contribution in [2.45, 2.75) is 13.5 Å². The lowest BCUT2D eigenvalue weighted by atomic mass is 10.2. The Morgan fingerprint density at radius 3 is 3.00 bits per heavy atom. The van der Waals surface area contributed by atoms with E-state index in [0.29, 0.717) is 19.0 Å². The molecule has 0 saturated carbocycles. The number of rotatable bonds is 6. The predicted octanol–water partition coefficient (Wildman–Crippen LogP) is 1.54. The maximum atomic E-state index is 11.2. The molecule has 0 aliphatic heterocycles. The van der Waals surface area contributed by atoms with Crippen LogP contribution in [0, 0.1) is 0 Å². The van der Waals surface area contributed by atoms with Crippen LogP contribution in [0.1, 0.15) is 12.5 Å². The third-order valence-electron chi connectivity index (χ3n) is 2.01. The fourth-order valence-electron chi connectivity index (χ4n) is 1.33. The summed E-state index contributed by atoms with van der Waals surface area (Å²) in [6.07, 6.45) is 1.69. The largest absolute Gasteiger partial charge is 0.465 e. The second-order valence-corrected chi connectivity index (χ2v) is 4.27. The number of esters is 1. The predicted molar refractivity (Wildman–Crippen MR) is 69.8 cm³/mol. The Balaban J connectivity index is 2.66. The van der Waals surface area contributed by atoms with E-state index < -0.39 is 0 Å². The van der Waals surface area contributed by atoms with Crippen molar-refractivity contribution in [3.05, 3.63) is 22.3 Å². The van der Waals surface area contributed by atoms with Crippen molar-refractivity contribution in [3.8, 4) is 0 Å². The van der Waals surface area contributed by atoms with E-state index in [1.54, 1.807) is 13.1 Å². The topological polar surface area (TPSA) is 63.2 Å². The fraction of sp³-hybridized carbons (Fsp3) is 0.455. The Hall–Kier alpha value is -1.14. The lowest BCUT2D eigenvalue weighted by Gasteiger charge is -2.10. The summed E-state index contributed by atoms with van der Waals surface area (Å²) in [6.45, 7) is 2.97. The lowest BCUT2D eigenvalue weighted by Crippen LogP contribution is -2.19. The number of hydrogen-bond donors (Lipinski definition) is 2. The molecule has 0 unspecified atom stereocenters. The first-order valence-corrected chi connectivity index (χ1v) is 6.15. The first kappa shape index (κ1) is 13.9. The molecule has 94 valence electrons. The summed E-state index contributed by atoms with van der Waals surface area (Å²) >= 11 is 3.36. The number of nitrogens with zero attached hydrogens (tertiary/aromatic N) is 1. The Morgan fingerprint density at radius 2 is 2.35 bits per heavy atom. The minimum absolute atomic E-state index is 0.124. The molecule has 5 nitrogen and oxygen atoms in total. The summed E-state index contributed by atoms with van der Waals surface area (Å²) in [4.78, 5) is 15.4. The normalized spacial score (nSPS) is 10.1. The van der Waals surface area contributed by atoms with Gasteiger partial charge in [-0.2, -0.15) is 0 Å². The quantitative estimate of drug-likeness (QED) is 0.781. The van der Waals surface area contributed by atoms with E-state index in [1.165, 1.54) is 0 Å². The highest BCUT2D eigenvalue weighted by Crippen LogP contribution is 2.17. The van der Waals surface area contributed by atoms with Crippen LogP contribution in [0.4, 0.5) is 5.82 Å². The SMILES string of the molecule is CCOC(=O)CNc1ncc(Br)cc1CNC. The van der Waals surface area contributed by atoms with E-state index in [9.17, 15) is 4.79 Å². The molecule has 0 bridgehead atoms. The van der Waals surface area contributed by atoms with E-state index in [4.69, 9.17) is 4.74 Å². The van der Waals surface area contributed by atoms with Crippen LogP contribution in [0.2, 0.25) is 0 Å². The molecule has 0 saturated heterocycles. The maximum absolute atomic E-state index is 11.2. The van der Waals surface area contributed by atoms with Gasteiger partial charge in [0.05, 0.1) is 6.61 Å². The van der Waals surface area contributed by atoms with E-state index in [-0.39, 0.29) is 12.5 Å². The van der Waals surface area contributed by atoms with Crippen LogP contribution in [0.25, 0.3) is 0 Å². The van der Waals surface area contributed by atoms with Gasteiger partial charge < -0.3 is 15.4 Å². The molecule has 0 spiro atoms. The molecular weight excluding hydrogens is 286 g/mol. The van der Waals surface area contributed by atoms with Gasteiger partial charge in [-0.1, -0.05) is 0 Å². The van der Waals surface area contributed by atoms with Gasteiger partial charge in [-0.25, -0.2) is 4.98 Å². The molecule has 0 aliphatic rings. The van der Waals surface area contributed by atoms with Crippen molar-refractivity contribution >= 4 is 27.7 Å². The highest BCUT2D eigenvalue weighted by molar-refractivity contribution is 9.10. The minimum Gasteiger partial charge on any atom is -0.465 e. The lowest BCUT2D eigenvalue weighted by molar-refractivity contribution is -0.140. The van der Waals surface area contributed by atoms with Gasteiger partial charge in [-0.15, -0.1) is 0 Å². The van der Waals surface area contributed by atoms with Crippen LogP contribution in [-0.4, -0.2) is 31.2 Å². The highest BCUT2D eigenvalue weighted by Gasteiger charge is 2.07. The monoisotopic (exact) mass is 301 g/mol. The second kappa shape index (κ2) is 7.24. The van der Waals surface area contributed by atoms with Crippen molar-refractivity contribution in [2.24, 2.45) is 0 Å². The van der Waals surface area contributed by atoms with Gasteiger partial charge in [-0.05, 0) is 36.0 Å². The molecule has 1 rings (SSSR count). The zero-order valence-electron chi connectivity index (χ0n) is 9.92. The molecule has 1 heterocycles. The Labute approximate surface area is 109 Å². The number of anilines is 1. The molecule has 0 aromatic carbocycles. The van der Waals surface area contributed by atoms with Crippen LogP contribution >= 0.6 is 15.9 Å². The molecular formula is C11H16BrN3O2. The van der Waals surface area contributed by atoms with Crippen molar-refractivity contribution in [1.82, 2.24) is 10.3 Å². The third kappa shape index (κ3) is 4.70. The zero-order chi connectivity index (χ0) is 12.7. The Morgan fingerprint density at radius 1 is 1.59 bits per heavy atom. The standard InChI is InChI=1S/C11H16BrN3O2/c1-3-17-10(16)7-15-11-8(5-13-2)4-9(12)6-14-11/h4,6,13H,3,5,7H2,1-2H3,(H,14,15). The second-order valence-electron chi connectivity index (χ2n) is 3.35. The van der Waals surface area contributed by atoms with Crippen LogP contribution in [-0.2, 0) is 16.1 Å². The molecule has 0 amide bonds. The molecule has 0 fully saturated rings. The highest BCUT2D eigenvalue weighted by atomic mass is 79.9. The van der Waals surface area contributed by atoms with Crippen molar-refractivity contribution in [1.29, 1.82) is 0 Å². The number of ether oxygens (including phenoxy) is 1. The van der Waals surface area contributed by atoms with Crippen molar-refractivity contribution < 1.29 is 9.53 Å². The number of halogens is 1. The molecule has 1 aromatic rings. The first-order chi connectivity index (χ1) is 8.17. The van der Waals surface area contributed by atoms with Gasteiger partial charge in [0.25, 0.3) is 0 Å². The fourth-order valence-corrected chi connectivity index (χ4v) is 1.71. The van der Waals surface area contributed by atoms with Gasteiger partial charge in [0.1, 0.15) is 12.4 Å². The van der Waals surface area contributed by atoms with E-state index in [0.717, 1.165) is 10.0 Å². The Kier molecular flexibility index (Phi) is 5.93. The molecule has 0 aliphatic carbocycles. The van der Waals surface area contributed by atoms with Gasteiger partial charge in [-0.3, -0.25) is 4.79 Å². The first-order valence-electron chi connectivity index (χ1n) is 5.36. The summed E-state index contributed by atoms with van der Waals surface area (Å²) in [5.41, 5.74) is 0.992. The minimum atomic E-state index is -0.285. The third-order valence-corrected chi connectivity index (χ3v) is 2.44. The van der Waals surface area contributed by atoms with Crippen LogP contribution in [0.15, 0.2) is 16.7 Å². The van der Waals surface area contributed by atoms with Gasteiger partial charge in [0.15, 0.2) is 0 Å². The van der Waals surface area contributed by atoms with Gasteiger partial charge >= 0.3 is 5.97 Å². The van der Waals surface area contributed by atoms with Gasteiger partial charge in [0, 0.05) is 22.8 Å². The van der Waals surface area contributed by atoms with Crippen molar-refractivity contribution in [3.63, 3.8) is 0 Å². The number of carbonyl (C=O) groups is 1.